The Balaban J connectivity index is 1.71. The lowest BCUT2D eigenvalue weighted by molar-refractivity contribution is 0.137. The first-order chi connectivity index (χ1) is 13.0. The molecule has 0 bridgehead atoms. The van der Waals surface area contributed by atoms with Crippen LogP contribution in [-0.2, 0) is 5.41 Å². The summed E-state index contributed by atoms with van der Waals surface area (Å²) < 4.78 is 12.5. The van der Waals surface area contributed by atoms with E-state index in [2.05, 4.69) is 50.1 Å². The molecule has 1 N–H and O–H groups in total. The lowest BCUT2D eigenvalue weighted by Gasteiger charge is -2.39. The Morgan fingerprint density at radius 1 is 1.19 bits per heavy atom. The molecule has 1 aromatic rings. The van der Waals surface area contributed by atoms with Gasteiger partial charge in [0, 0.05) is 11.5 Å². The molecule has 0 spiro atoms. The van der Waals surface area contributed by atoms with Gasteiger partial charge in [-0.05, 0) is 83.7 Å². The molecule has 1 saturated carbocycles. The van der Waals surface area contributed by atoms with Crippen molar-refractivity contribution in [3.63, 3.8) is 0 Å². The summed E-state index contributed by atoms with van der Waals surface area (Å²) in [7, 11) is 2.17. The van der Waals surface area contributed by atoms with Crippen LogP contribution >= 0.6 is 0 Å². The summed E-state index contributed by atoms with van der Waals surface area (Å²) in [5.74, 6) is 1.73. The third kappa shape index (κ3) is 3.62. The number of aliphatic hydroxyl groups is 1. The first-order valence-electron chi connectivity index (χ1n) is 10.5. The molecule has 2 fully saturated rings. The number of likely N-dealkylation sites (tertiary alicyclic amines) is 1. The number of rotatable bonds is 5. The molecule has 148 valence electrons. The van der Waals surface area contributed by atoms with E-state index in [9.17, 15) is 5.11 Å². The number of ether oxygens (including phenoxy) is 2. The van der Waals surface area contributed by atoms with Crippen molar-refractivity contribution in [2.45, 2.75) is 82.1 Å². The third-order valence-electron chi connectivity index (χ3n) is 6.53. The fourth-order valence-electron chi connectivity index (χ4n) is 5.11. The highest BCUT2D eigenvalue weighted by atomic mass is 16.5. The van der Waals surface area contributed by atoms with Crippen molar-refractivity contribution in [2.24, 2.45) is 0 Å². The van der Waals surface area contributed by atoms with Crippen molar-refractivity contribution >= 4 is 0 Å². The van der Waals surface area contributed by atoms with Gasteiger partial charge in [0.05, 0.1) is 18.3 Å². The molecular weight excluding hydrogens is 338 g/mol. The van der Waals surface area contributed by atoms with Crippen molar-refractivity contribution in [3.05, 3.63) is 35.9 Å². The van der Waals surface area contributed by atoms with Crippen LogP contribution < -0.4 is 9.47 Å². The molecule has 4 rings (SSSR count). The SMILES string of the molecule is CC(C)Oc1ccc([C@@]23C=C[C@H](O)C[C@@H]2N(C)CC3)cc1OC1CCCC1. The third-order valence-corrected chi connectivity index (χ3v) is 6.53. The average Bonchev–Trinajstić information content (AvgIpc) is 3.25. The fraction of sp³-hybridized carbons (Fsp3) is 0.652. The Morgan fingerprint density at radius 2 is 1.96 bits per heavy atom. The van der Waals surface area contributed by atoms with E-state index in [4.69, 9.17) is 9.47 Å². The Morgan fingerprint density at radius 3 is 2.70 bits per heavy atom. The molecule has 0 unspecified atom stereocenters. The number of hydrogen-bond donors (Lipinski definition) is 1. The molecule has 0 amide bonds. The van der Waals surface area contributed by atoms with Gasteiger partial charge in [0.1, 0.15) is 0 Å². The first kappa shape index (κ1) is 18.8. The first-order valence-corrected chi connectivity index (χ1v) is 10.5. The molecule has 3 atom stereocenters. The Bertz CT molecular complexity index is 695. The molecule has 4 nitrogen and oxygen atoms in total. The van der Waals surface area contributed by atoms with Crippen molar-refractivity contribution in [1.82, 2.24) is 4.90 Å². The molecule has 2 aliphatic carbocycles. The van der Waals surface area contributed by atoms with Crippen LogP contribution in [0.5, 0.6) is 11.5 Å². The van der Waals surface area contributed by atoms with Gasteiger partial charge in [-0.2, -0.15) is 0 Å². The smallest absolute Gasteiger partial charge is 0.161 e. The van der Waals surface area contributed by atoms with Crippen LogP contribution in [-0.4, -0.2) is 48.0 Å². The van der Waals surface area contributed by atoms with Crippen LogP contribution in [0.4, 0.5) is 0 Å². The van der Waals surface area contributed by atoms with Crippen molar-refractivity contribution in [2.75, 3.05) is 13.6 Å². The molecule has 1 aromatic carbocycles. The van der Waals surface area contributed by atoms with Crippen LogP contribution in [0.1, 0.15) is 57.9 Å². The van der Waals surface area contributed by atoms with Crippen LogP contribution in [0.2, 0.25) is 0 Å². The second-order valence-electron chi connectivity index (χ2n) is 8.80. The Kier molecular flexibility index (Phi) is 5.21. The minimum atomic E-state index is -0.346. The maximum absolute atomic E-state index is 10.2. The number of likely N-dealkylation sites (N-methyl/N-ethyl adjacent to an activating group) is 1. The van der Waals surface area contributed by atoms with Gasteiger partial charge in [0.25, 0.3) is 0 Å². The fourth-order valence-corrected chi connectivity index (χ4v) is 5.11. The quantitative estimate of drug-likeness (QED) is 0.793. The van der Waals surface area contributed by atoms with Gasteiger partial charge in [-0.3, -0.25) is 0 Å². The minimum absolute atomic E-state index is 0.0435. The van der Waals surface area contributed by atoms with E-state index in [0.717, 1.165) is 43.7 Å². The van der Waals surface area contributed by atoms with Gasteiger partial charge in [-0.1, -0.05) is 18.2 Å². The number of aliphatic hydroxyl groups excluding tert-OH is 1. The normalized spacial score (nSPS) is 31.4. The van der Waals surface area contributed by atoms with E-state index in [1.807, 2.05) is 6.08 Å². The summed E-state index contributed by atoms with van der Waals surface area (Å²) in [6, 6.07) is 6.83. The van der Waals surface area contributed by atoms with E-state index in [0.29, 0.717) is 12.1 Å². The lowest BCUT2D eigenvalue weighted by Crippen LogP contribution is -2.44. The summed E-state index contributed by atoms with van der Waals surface area (Å²) in [4.78, 5) is 2.39. The van der Waals surface area contributed by atoms with Crippen LogP contribution in [0.15, 0.2) is 30.4 Å². The van der Waals surface area contributed by atoms with E-state index in [1.54, 1.807) is 0 Å². The van der Waals surface area contributed by atoms with Crippen molar-refractivity contribution in [3.8, 4) is 11.5 Å². The van der Waals surface area contributed by atoms with Gasteiger partial charge in [0.2, 0.25) is 0 Å². The van der Waals surface area contributed by atoms with E-state index in [1.165, 1.54) is 18.4 Å². The molecule has 4 heteroatoms. The largest absolute Gasteiger partial charge is 0.487 e. The summed E-state index contributed by atoms with van der Waals surface area (Å²) >= 11 is 0. The Labute approximate surface area is 163 Å². The summed E-state index contributed by atoms with van der Waals surface area (Å²) in [6.07, 6.45) is 10.9. The van der Waals surface area contributed by atoms with Gasteiger partial charge in [-0.25, -0.2) is 0 Å². The number of benzene rings is 1. The second kappa shape index (κ2) is 7.48. The Hall–Kier alpha value is -1.52. The van der Waals surface area contributed by atoms with Gasteiger partial charge in [0.15, 0.2) is 11.5 Å². The predicted octanol–water partition coefficient (Wildman–Crippen LogP) is 4.06. The minimum Gasteiger partial charge on any atom is -0.487 e. The topological polar surface area (TPSA) is 41.9 Å². The summed E-state index contributed by atoms with van der Waals surface area (Å²) in [5.41, 5.74) is 1.24. The van der Waals surface area contributed by atoms with Gasteiger partial charge < -0.3 is 19.5 Å². The highest BCUT2D eigenvalue weighted by molar-refractivity contribution is 5.49. The molecule has 0 radical (unpaired) electrons. The summed E-state index contributed by atoms with van der Waals surface area (Å²) in [5, 5.41) is 10.2. The van der Waals surface area contributed by atoms with Crippen molar-refractivity contribution in [1.29, 1.82) is 0 Å². The van der Waals surface area contributed by atoms with Crippen LogP contribution in [0.25, 0.3) is 0 Å². The molecule has 3 aliphatic rings. The maximum Gasteiger partial charge on any atom is 0.161 e. The zero-order chi connectivity index (χ0) is 19.0. The van der Waals surface area contributed by atoms with Crippen molar-refractivity contribution < 1.29 is 14.6 Å². The zero-order valence-electron chi connectivity index (χ0n) is 16.9. The molecule has 27 heavy (non-hydrogen) atoms. The van der Waals surface area contributed by atoms with Crippen LogP contribution in [0.3, 0.4) is 0 Å². The van der Waals surface area contributed by atoms with E-state index < -0.39 is 0 Å². The number of fused-ring (bicyclic) bond motifs is 1. The summed E-state index contributed by atoms with van der Waals surface area (Å²) in [6.45, 7) is 5.16. The van der Waals surface area contributed by atoms with Gasteiger partial charge in [-0.15, -0.1) is 0 Å². The zero-order valence-corrected chi connectivity index (χ0v) is 16.9. The van der Waals surface area contributed by atoms with Crippen LogP contribution in [0, 0.1) is 0 Å². The average molecular weight is 372 g/mol. The standard InChI is InChI=1S/C23H33NO3/c1-16(2)26-20-9-8-17(14-21(20)27-19-6-4-5-7-19)23-11-10-18(25)15-22(23)24(3)13-12-23/h8-11,14,16,18-19,22,25H,4-7,12-13,15H2,1-3H3/t18-,22-,23-/m0/s1. The predicted molar refractivity (Wildman–Crippen MR) is 108 cm³/mol. The van der Waals surface area contributed by atoms with E-state index in [-0.39, 0.29) is 17.6 Å². The molecular formula is C23H33NO3. The van der Waals surface area contributed by atoms with Gasteiger partial charge >= 0.3 is 0 Å². The second-order valence-corrected chi connectivity index (χ2v) is 8.80. The van der Waals surface area contributed by atoms with E-state index >= 15 is 0 Å². The molecule has 0 aromatic heterocycles. The maximum atomic E-state index is 10.2. The highest BCUT2D eigenvalue weighted by Gasteiger charge is 2.48. The highest BCUT2D eigenvalue weighted by Crippen LogP contribution is 2.47. The molecule has 1 heterocycles. The molecule has 1 saturated heterocycles. The number of nitrogens with zero attached hydrogens (tertiary/aromatic N) is 1. The monoisotopic (exact) mass is 371 g/mol. The molecule has 1 aliphatic heterocycles. The lowest BCUT2D eigenvalue weighted by atomic mass is 9.69. The number of hydrogen-bond acceptors (Lipinski definition) is 4.